The highest BCUT2D eigenvalue weighted by atomic mass is 32.2. The third kappa shape index (κ3) is 3.17. The van der Waals surface area contributed by atoms with Crippen molar-refractivity contribution >= 4 is 34.9 Å². The van der Waals surface area contributed by atoms with Gasteiger partial charge in [-0.05, 0) is 55.7 Å². The van der Waals surface area contributed by atoms with E-state index in [1.165, 1.54) is 15.5 Å². The van der Waals surface area contributed by atoms with Gasteiger partial charge in [-0.1, -0.05) is 18.2 Å². The highest BCUT2D eigenvalue weighted by molar-refractivity contribution is 8.01. The molecule has 2 heterocycles. The maximum atomic E-state index is 3.54. The molecule has 1 nitrogen and oxygen atoms in total. The number of rotatable bonds is 2. The second-order valence-corrected chi connectivity index (χ2v) is 7.95. The molecule has 102 valence electrons. The van der Waals surface area contributed by atoms with Crippen LogP contribution in [0.3, 0.4) is 0 Å². The van der Waals surface area contributed by atoms with Gasteiger partial charge in [-0.3, -0.25) is 0 Å². The second kappa shape index (κ2) is 5.51. The van der Waals surface area contributed by atoms with Crippen LogP contribution < -0.4 is 5.32 Å². The van der Waals surface area contributed by atoms with Gasteiger partial charge in [0.05, 0.1) is 5.69 Å². The fourth-order valence-electron chi connectivity index (χ4n) is 2.19. The van der Waals surface area contributed by atoms with E-state index in [0.717, 1.165) is 5.70 Å². The minimum absolute atomic E-state index is 0.0781. The van der Waals surface area contributed by atoms with Gasteiger partial charge in [-0.15, -0.1) is 23.1 Å². The summed E-state index contributed by atoms with van der Waals surface area (Å²) in [5.41, 5.74) is 2.34. The number of allylic oxidation sites excluding steroid dienone is 1. The summed E-state index contributed by atoms with van der Waals surface area (Å²) in [5.74, 6) is 0. The van der Waals surface area contributed by atoms with E-state index in [9.17, 15) is 0 Å². The fraction of sp³-hybridized carbons (Fsp3) is 0.176. The standard InChI is InChI=1S/C17H17NS2/c1-17(2)12-13(9-10-14-6-5-11-19-14)18-15-7-3-4-8-16(15)20-17/h3-12,18H,1-2H3/b10-9+. The zero-order valence-corrected chi connectivity index (χ0v) is 13.2. The van der Waals surface area contributed by atoms with Crippen LogP contribution in [0.25, 0.3) is 6.08 Å². The average Bonchev–Trinajstić information content (AvgIpc) is 2.86. The molecular formula is C17H17NS2. The summed E-state index contributed by atoms with van der Waals surface area (Å²) < 4.78 is 0.0781. The number of anilines is 1. The Morgan fingerprint density at radius 2 is 1.90 bits per heavy atom. The van der Waals surface area contributed by atoms with Crippen LogP contribution in [0.15, 0.2) is 64.5 Å². The van der Waals surface area contributed by atoms with Crippen LogP contribution in [0.4, 0.5) is 5.69 Å². The number of thioether (sulfide) groups is 1. The van der Waals surface area contributed by atoms with Crippen LogP contribution in [-0.4, -0.2) is 4.75 Å². The molecule has 20 heavy (non-hydrogen) atoms. The number of hydrogen-bond donors (Lipinski definition) is 1. The molecule has 0 saturated carbocycles. The first-order valence-electron chi connectivity index (χ1n) is 6.62. The van der Waals surface area contributed by atoms with Gasteiger partial charge < -0.3 is 5.32 Å². The van der Waals surface area contributed by atoms with E-state index in [4.69, 9.17) is 0 Å². The normalized spacial score (nSPS) is 17.2. The number of fused-ring (bicyclic) bond motifs is 1. The third-order valence-electron chi connectivity index (χ3n) is 3.01. The fourth-order valence-corrected chi connectivity index (χ4v) is 3.93. The molecule has 2 aromatic rings. The highest BCUT2D eigenvalue weighted by Crippen LogP contribution is 2.41. The largest absolute Gasteiger partial charge is 0.355 e. The number of thiophene rings is 1. The van der Waals surface area contributed by atoms with Crippen molar-refractivity contribution in [2.75, 3.05) is 5.32 Å². The van der Waals surface area contributed by atoms with E-state index >= 15 is 0 Å². The molecular weight excluding hydrogens is 282 g/mol. The van der Waals surface area contributed by atoms with Gasteiger partial charge in [0.2, 0.25) is 0 Å². The summed E-state index contributed by atoms with van der Waals surface area (Å²) in [4.78, 5) is 2.57. The molecule has 1 aromatic carbocycles. The number of hydrogen-bond acceptors (Lipinski definition) is 3. The lowest BCUT2D eigenvalue weighted by Gasteiger charge is -2.18. The molecule has 0 radical (unpaired) electrons. The average molecular weight is 299 g/mol. The first-order valence-corrected chi connectivity index (χ1v) is 8.31. The number of para-hydroxylation sites is 1. The van der Waals surface area contributed by atoms with E-state index in [1.54, 1.807) is 11.3 Å². The molecule has 0 saturated heterocycles. The lowest BCUT2D eigenvalue weighted by Crippen LogP contribution is -2.10. The lowest BCUT2D eigenvalue weighted by atomic mass is 10.1. The van der Waals surface area contributed by atoms with Gasteiger partial charge in [0, 0.05) is 20.2 Å². The summed E-state index contributed by atoms with van der Waals surface area (Å²) in [5, 5.41) is 5.64. The van der Waals surface area contributed by atoms with Crippen molar-refractivity contribution in [3.63, 3.8) is 0 Å². The van der Waals surface area contributed by atoms with Crippen LogP contribution in [0, 0.1) is 0 Å². The van der Waals surface area contributed by atoms with E-state index in [0.29, 0.717) is 0 Å². The first kappa shape index (κ1) is 13.5. The quantitative estimate of drug-likeness (QED) is 0.770. The molecule has 0 fully saturated rings. The molecule has 1 aromatic heterocycles. The molecule has 0 unspecified atom stereocenters. The van der Waals surface area contributed by atoms with E-state index < -0.39 is 0 Å². The molecule has 1 N–H and O–H groups in total. The topological polar surface area (TPSA) is 12.0 Å². The monoisotopic (exact) mass is 299 g/mol. The first-order chi connectivity index (χ1) is 9.62. The highest BCUT2D eigenvalue weighted by Gasteiger charge is 2.22. The molecule has 3 rings (SSSR count). The van der Waals surface area contributed by atoms with Crippen molar-refractivity contribution in [2.24, 2.45) is 0 Å². The van der Waals surface area contributed by atoms with Crippen molar-refractivity contribution in [1.82, 2.24) is 0 Å². The Morgan fingerprint density at radius 1 is 1.05 bits per heavy atom. The zero-order chi connectivity index (χ0) is 14.0. The van der Waals surface area contributed by atoms with Crippen LogP contribution >= 0.6 is 23.1 Å². The lowest BCUT2D eigenvalue weighted by molar-refractivity contribution is 0.895. The van der Waals surface area contributed by atoms with Crippen LogP contribution in [0.1, 0.15) is 18.7 Å². The van der Waals surface area contributed by atoms with Crippen molar-refractivity contribution < 1.29 is 0 Å². The van der Waals surface area contributed by atoms with Crippen molar-refractivity contribution in [1.29, 1.82) is 0 Å². The van der Waals surface area contributed by atoms with Crippen LogP contribution in [0.5, 0.6) is 0 Å². The Labute approximate surface area is 128 Å². The Balaban J connectivity index is 1.92. The van der Waals surface area contributed by atoms with Crippen molar-refractivity contribution in [3.05, 3.63) is 64.5 Å². The van der Waals surface area contributed by atoms with Gasteiger partial charge in [0.25, 0.3) is 0 Å². The van der Waals surface area contributed by atoms with E-state index in [2.05, 4.69) is 79.2 Å². The predicted octanol–water partition coefficient (Wildman–Crippen LogP) is 5.64. The van der Waals surface area contributed by atoms with Crippen LogP contribution in [-0.2, 0) is 0 Å². The summed E-state index contributed by atoms with van der Waals surface area (Å²) >= 11 is 3.65. The molecule has 0 atom stereocenters. The van der Waals surface area contributed by atoms with Gasteiger partial charge in [0.15, 0.2) is 0 Å². The zero-order valence-electron chi connectivity index (χ0n) is 11.6. The summed E-state index contributed by atoms with van der Waals surface area (Å²) in [7, 11) is 0. The minimum Gasteiger partial charge on any atom is -0.355 e. The summed E-state index contributed by atoms with van der Waals surface area (Å²) in [6.07, 6.45) is 6.62. The predicted molar refractivity (Wildman–Crippen MR) is 91.4 cm³/mol. The Morgan fingerprint density at radius 3 is 2.70 bits per heavy atom. The smallest absolute Gasteiger partial charge is 0.0522 e. The molecule has 0 spiro atoms. The van der Waals surface area contributed by atoms with Gasteiger partial charge in [-0.25, -0.2) is 0 Å². The van der Waals surface area contributed by atoms with Gasteiger partial charge >= 0.3 is 0 Å². The van der Waals surface area contributed by atoms with Gasteiger partial charge in [-0.2, -0.15) is 0 Å². The maximum Gasteiger partial charge on any atom is 0.0522 e. The Hall–Kier alpha value is -1.45. The Bertz CT molecular complexity index is 651. The maximum absolute atomic E-state index is 3.54. The molecule has 0 aliphatic carbocycles. The summed E-state index contributed by atoms with van der Waals surface area (Å²) in [6, 6.07) is 12.7. The minimum atomic E-state index is 0.0781. The van der Waals surface area contributed by atoms with E-state index in [-0.39, 0.29) is 4.75 Å². The third-order valence-corrected chi connectivity index (χ3v) is 5.07. The molecule has 0 amide bonds. The SMILES string of the molecule is CC1(C)C=C(/C=C/c2cccs2)Nc2ccccc2S1. The molecule has 1 aliphatic rings. The van der Waals surface area contributed by atoms with E-state index in [1.807, 2.05) is 11.8 Å². The molecule has 3 heteroatoms. The number of nitrogens with one attached hydrogen (secondary N) is 1. The number of benzene rings is 1. The van der Waals surface area contributed by atoms with Gasteiger partial charge in [0.1, 0.15) is 0 Å². The van der Waals surface area contributed by atoms with Crippen molar-refractivity contribution in [2.45, 2.75) is 23.5 Å². The van der Waals surface area contributed by atoms with Crippen molar-refractivity contribution in [3.8, 4) is 0 Å². The molecule has 1 aliphatic heterocycles. The summed E-state index contributed by atoms with van der Waals surface area (Å²) in [6.45, 7) is 4.50. The Kier molecular flexibility index (Phi) is 3.72. The van der Waals surface area contributed by atoms with Crippen LogP contribution in [0.2, 0.25) is 0 Å². The molecule has 0 bridgehead atoms. The second-order valence-electron chi connectivity index (χ2n) is 5.28.